The number of rotatable bonds is 4. The van der Waals surface area contributed by atoms with E-state index in [9.17, 15) is 4.79 Å². The normalized spacial score (nSPS) is 15.2. The van der Waals surface area contributed by atoms with Gasteiger partial charge in [-0.3, -0.25) is 0 Å². The molecule has 24 heavy (non-hydrogen) atoms. The van der Waals surface area contributed by atoms with Crippen molar-refractivity contribution in [3.8, 4) is 11.5 Å². The quantitative estimate of drug-likeness (QED) is 0.627. The number of cyclic esters (lactones) is 1. The molecule has 0 N–H and O–H groups in total. The van der Waals surface area contributed by atoms with Crippen LogP contribution in [0.2, 0.25) is 5.02 Å². The van der Waals surface area contributed by atoms with Gasteiger partial charge in [-0.25, -0.2) is 9.79 Å². The van der Waals surface area contributed by atoms with Gasteiger partial charge in [-0.15, -0.1) is 0 Å². The largest absolute Gasteiger partial charge is 0.497 e. The topological polar surface area (TPSA) is 57.1 Å². The minimum Gasteiger partial charge on any atom is -0.497 e. The maximum absolute atomic E-state index is 12.1. The molecule has 0 unspecified atom stereocenters. The van der Waals surface area contributed by atoms with Gasteiger partial charge in [0.1, 0.15) is 11.5 Å². The number of hydrogen-bond donors (Lipinski definition) is 0. The summed E-state index contributed by atoms with van der Waals surface area (Å²) >= 11 is 5.95. The standard InChI is InChI=1S/C18H14ClNO4/c1-22-14-8-12(9-15(10-14)23-2)17-20-16(18(21)24-17)7-11-4-3-5-13(19)6-11/h3-10H,1-2H3/b16-7+. The number of benzene rings is 2. The van der Waals surface area contributed by atoms with E-state index in [-0.39, 0.29) is 11.6 Å². The predicted molar refractivity (Wildman–Crippen MR) is 91.6 cm³/mol. The summed E-state index contributed by atoms with van der Waals surface area (Å²) in [4.78, 5) is 16.3. The summed E-state index contributed by atoms with van der Waals surface area (Å²) in [7, 11) is 3.09. The first kappa shape index (κ1) is 16.1. The van der Waals surface area contributed by atoms with Crippen molar-refractivity contribution < 1.29 is 19.0 Å². The van der Waals surface area contributed by atoms with Crippen LogP contribution < -0.4 is 9.47 Å². The zero-order chi connectivity index (χ0) is 17.1. The van der Waals surface area contributed by atoms with E-state index in [0.717, 1.165) is 5.56 Å². The summed E-state index contributed by atoms with van der Waals surface area (Å²) in [6, 6.07) is 12.3. The zero-order valence-electron chi connectivity index (χ0n) is 13.1. The summed E-state index contributed by atoms with van der Waals surface area (Å²) in [6.07, 6.45) is 1.62. The molecule has 0 atom stereocenters. The molecule has 3 rings (SSSR count). The van der Waals surface area contributed by atoms with Crippen molar-refractivity contribution in [2.24, 2.45) is 4.99 Å². The molecule has 0 aliphatic carbocycles. The number of nitrogens with zero attached hydrogens (tertiary/aromatic N) is 1. The Morgan fingerprint density at radius 2 is 1.79 bits per heavy atom. The number of methoxy groups -OCH3 is 2. The van der Waals surface area contributed by atoms with Crippen LogP contribution in [0, 0.1) is 0 Å². The number of halogens is 1. The smallest absolute Gasteiger partial charge is 0.363 e. The summed E-state index contributed by atoms with van der Waals surface area (Å²) in [5.74, 6) is 0.836. The Labute approximate surface area is 144 Å². The van der Waals surface area contributed by atoms with E-state index in [2.05, 4.69) is 4.99 Å². The van der Waals surface area contributed by atoms with Gasteiger partial charge in [0.05, 0.1) is 14.2 Å². The van der Waals surface area contributed by atoms with Crippen LogP contribution in [0.1, 0.15) is 11.1 Å². The first-order valence-electron chi connectivity index (χ1n) is 7.10. The monoisotopic (exact) mass is 343 g/mol. The molecule has 0 aromatic heterocycles. The highest BCUT2D eigenvalue weighted by Gasteiger charge is 2.25. The van der Waals surface area contributed by atoms with Crippen molar-refractivity contribution in [3.63, 3.8) is 0 Å². The second kappa shape index (κ2) is 6.76. The van der Waals surface area contributed by atoms with Crippen LogP contribution in [0.25, 0.3) is 6.08 Å². The van der Waals surface area contributed by atoms with Gasteiger partial charge >= 0.3 is 5.97 Å². The SMILES string of the molecule is COc1cc(OC)cc(C2=N/C(=C/c3cccc(Cl)c3)C(=O)O2)c1. The van der Waals surface area contributed by atoms with Gasteiger partial charge in [0, 0.05) is 16.7 Å². The van der Waals surface area contributed by atoms with Crippen molar-refractivity contribution in [3.05, 3.63) is 64.3 Å². The van der Waals surface area contributed by atoms with Crippen molar-refractivity contribution in [1.82, 2.24) is 0 Å². The molecule has 5 nitrogen and oxygen atoms in total. The lowest BCUT2D eigenvalue weighted by Gasteiger charge is -2.07. The van der Waals surface area contributed by atoms with Gasteiger partial charge in [-0.05, 0) is 35.9 Å². The molecule has 0 saturated carbocycles. The Kier molecular flexibility index (Phi) is 4.53. The van der Waals surface area contributed by atoms with Crippen LogP contribution in [0.15, 0.2) is 53.2 Å². The summed E-state index contributed by atoms with van der Waals surface area (Å²) in [5.41, 5.74) is 1.56. The van der Waals surface area contributed by atoms with Gasteiger partial charge in [-0.2, -0.15) is 0 Å². The minimum absolute atomic E-state index is 0.200. The highest BCUT2D eigenvalue weighted by Crippen LogP contribution is 2.26. The van der Waals surface area contributed by atoms with Crippen LogP contribution in [0.5, 0.6) is 11.5 Å². The fourth-order valence-corrected chi connectivity index (χ4v) is 2.42. The van der Waals surface area contributed by atoms with E-state index in [1.807, 2.05) is 6.07 Å². The number of ether oxygens (including phenoxy) is 3. The number of carbonyl (C=O) groups is 1. The van der Waals surface area contributed by atoms with Crippen LogP contribution >= 0.6 is 11.6 Å². The highest BCUT2D eigenvalue weighted by molar-refractivity contribution is 6.30. The lowest BCUT2D eigenvalue weighted by molar-refractivity contribution is -0.129. The van der Waals surface area contributed by atoms with Gasteiger partial charge in [0.25, 0.3) is 0 Å². The van der Waals surface area contributed by atoms with Crippen LogP contribution in [0.4, 0.5) is 0 Å². The Morgan fingerprint density at radius 1 is 1.08 bits per heavy atom. The molecular weight excluding hydrogens is 330 g/mol. The lowest BCUT2D eigenvalue weighted by Crippen LogP contribution is -2.06. The third kappa shape index (κ3) is 3.41. The third-order valence-electron chi connectivity index (χ3n) is 3.37. The van der Waals surface area contributed by atoms with Crippen LogP contribution in [-0.4, -0.2) is 26.1 Å². The van der Waals surface area contributed by atoms with Crippen molar-refractivity contribution in [2.45, 2.75) is 0 Å². The van der Waals surface area contributed by atoms with E-state index in [1.165, 1.54) is 0 Å². The predicted octanol–water partition coefficient (Wildman–Crippen LogP) is 3.70. The summed E-state index contributed by atoms with van der Waals surface area (Å²) < 4.78 is 15.7. The minimum atomic E-state index is -0.522. The van der Waals surface area contributed by atoms with Gasteiger partial charge in [-0.1, -0.05) is 23.7 Å². The summed E-state index contributed by atoms with van der Waals surface area (Å²) in [6.45, 7) is 0. The number of aliphatic imine (C=N–C) groups is 1. The average molecular weight is 344 g/mol. The fourth-order valence-electron chi connectivity index (χ4n) is 2.22. The molecule has 1 heterocycles. The third-order valence-corrected chi connectivity index (χ3v) is 3.61. The van der Waals surface area contributed by atoms with E-state index in [0.29, 0.717) is 22.1 Å². The van der Waals surface area contributed by atoms with E-state index >= 15 is 0 Å². The molecule has 0 radical (unpaired) electrons. The first-order chi connectivity index (χ1) is 11.6. The van der Waals surface area contributed by atoms with Gasteiger partial charge in [0.2, 0.25) is 5.90 Å². The van der Waals surface area contributed by atoms with Crippen molar-refractivity contribution >= 4 is 29.5 Å². The van der Waals surface area contributed by atoms with Crippen LogP contribution in [0.3, 0.4) is 0 Å². The molecule has 0 amide bonds. The highest BCUT2D eigenvalue weighted by atomic mass is 35.5. The van der Waals surface area contributed by atoms with Gasteiger partial charge < -0.3 is 14.2 Å². The van der Waals surface area contributed by atoms with Crippen LogP contribution in [-0.2, 0) is 9.53 Å². The molecule has 0 spiro atoms. The maximum Gasteiger partial charge on any atom is 0.363 e. The van der Waals surface area contributed by atoms with Gasteiger partial charge in [0.15, 0.2) is 5.70 Å². The van der Waals surface area contributed by atoms with E-state index in [4.69, 9.17) is 25.8 Å². The number of carbonyl (C=O) groups excluding carboxylic acids is 1. The Bertz CT molecular complexity index is 836. The van der Waals surface area contributed by atoms with Crippen molar-refractivity contribution in [1.29, 1.82) is 0 Å². The Hall–Kier alpha value is -2.79. The first-order valence-corrected chi connectivity index (χ1v) is 7.48. The molecule has 2 aromatic carbocycles. The molecule has 6 heteroatoms. The second-order valence-electron chi connectivity index (χ2n) is 4.99. The Balaban J connectivity index is 1.97. The molecule has 1 aliphatic heterocycles. The number of esters is 1. The number of hydrogen-bond acceptors (Lipinski definition) is 5. The molecule has 122 valence electrons. The molecule has 0 fully saturated rings. The molecule has 0 bridgehead atoms. The average Bonchev–Trinajstić information content (AvgIpc) is 2.95. The lowest BCUT2D eigenvalue weighted by atomic mass is 10.2. The zero-order valence-corrected chi connectivity index (χ0v) is 13.8. The fraction of sp³-hybridized carbons (Fsp3) is 0.111. The van der Waals surface area contributed by atoms with E-state index < -0.39 is 5.97 Å². The molecular formula is C18H14ClNO4. The maximum atomic E-state index is 12.1. The van der Waals surface area contributed by atoms with E-state index in [1.54, 1.807) is 56.7 Å². The Morgan fingerprint density at radius 3 is 2.42 bits per heavy atom. The summed E-state index contributed by atoms with van der Waals surface area (Å²) in [5, 5.41) is 0.581. The molecule has 0 saturated heterocycles. The second-order valence-corrected chi connectivity index (χ2v) is 5.43. The molecule has 2 aromatic rings. The molecule has 1 aliphatic rings. The van der Waals surface area contributed by atoms with Crippen molar-refractivity contribution in [2.75, 3.05) is 14.2 Å².